The third kappa shape index (κ3) is 2.58. The summed E-state index contributed by atoms with van der Waals surface area (Å²) in [7, 11) is 0. The molecule has 3 N–H and O–H groups in total. The fourth-order valence-corrected chi connectivity index (χ4v) is 2.10. The summed E-state index contributed by atoms with van der Waals surface area (Å²) in [5, 5.41) is 14.5. The number of anilines is 1. The second-order valence-electron chi connectivity index (χ2n) is 4.91. The first-order chi connectivity index (χ1) is 8.94. The Balaban J connectivity index is 2.28. The molecule has 1 amide bonds. The highest BCUT2D eigenvalue weighted by Gasteiger charge is 2.37. The van der Waals surface area contributed by atoms with Crippen LogP contribution in [0.15, 0.2) is 18.2 Å². The van der Waals surface area contributed by atoms with E-state index in [0.717, 1.165) is 6.07 Å². The summed E-state index contributed by atoms with van der Waals surface area (Å²) in [5.74, 6) is -2.39. The van der Waals surface area contributed by atoms with Crippen molar-refractivity contribution in [2.24, 2.45) is 5.41 Å². The second-order valence-corrected chi connectivity index (χ2v) is 4.91. The number of para-hydroxylation sites is 1. The van der Waals surface area contributed by atoms with Gasteiger partial charge in [0, 0.05) is 6.54 Å². The highest BCUT2D eigenvalue weighted by Crippen LogP contribution is 2.28. The smallest absolute Gasteiger partial charge is 0.337 e. The van der Waals surface area contributed by atoms with Gasteiger partial charge < -0.3 is 15.7 Å². The number of carboxylic acids is 1. The molecule has 6 heteroatoms. The molecule has 0 aliphatic carbocycles. The van der Waals surface area contributed by atoms with Crippen molar-refractivity contribution >= 4 is 17.6 Å². The number of amides is 1. The average Bonchev–Trinajstić information content (AvgIpc) is 2.79. The van der Waals surface area contributed by atoms with E-state index in [9.17, 15) is 14.0 Å². The van der Waals surface area contributed by atoms with Crippen molar-refractivity contribution in [3.8, 4) is 0 Å². The third-order valence-corrected chi connectivity index (χ3v) is 3.40. The lowest BCUT2D eigenvalue weighted by Gasteiger charge is -2.22. The van der Waals surface area contributed by atoms with Crippen LogP contribution >= 0.6 is 0 Å². The van der Waals surface area contributed by atoms with Crippen LogP contribution in [0, 0.1) is 11.2 Å². The van der Waals surface area contributed by atoms with Crippen LogP contribution in [0.3, 0.4) is 0 Å². The van der Waals surface area contributed by atoms with E-state index in [4.69, 9.17) is 5.11 Å². The molecule has 1 aromatic carbocycles. The van der Waals surface area contributed by atoms with Crippen LogP contribution in [0.1, 0.15) is 23.7 Å². The lowest BCUT2D eigenvalue weighted by molar-refractivity contribution is -0.123. The summed E-state index contributed by atoms with van der Waals surface area (Å²) < 4.78 is 13.7. The minimum atomic E-state index is -1.27. The second kappa shape index (κ2) is 4.97. The van der Waals surface area contributed by atoms with Crippen molar-refractivity contribution in [1.82, 2.24) is 5.32 Å². The van der Waals surface area contributed by atoms with Crippen molar-refractivity contribution in [1.29, 1.82) is 0 Å². The molecule has 0 aromatic heterocycles. The van der Waals surface area contributed by atoms with E-state index < -0.39 is 17.2 Å². The Morgan fingerprint density at radius 3 is 2.79 bits per heavy atom. The zero-order valence-corrected chi connectivity index (χ0v) is 10.5. The summed E-state index contributed by atoms with van der Waals surface area (Å²) in [6.45, 7) is 2.98. The molecule has 102 valence electrons. The average molecular weight is 266 g/mol. The maximum absolute atomic E-state index is 13.7. The maximum Gasteiger partial charge on any atom is 0.337 e. The molecular formula is C13H15FN2O3. The summed E-state index contributed by atoms with van der Waals surface area (Å²) in [4.78, 5) is 23.2. The van der Waals surface area contributed by atoms with Gasteiger partial charge in [-0.1, -0.05) is 6.07 Å². The monoisotopic (exact) mass is 266 g/mol. The minimum Gasteiger partial charge on any atom is -0.478 e. The van der Waals surface area contributed by atoms with E-state index in [0.29, 0.717) is 19.5 Å². The van der Waals surface area contributed by atoms with Crippen LogP contribution in [0.25, 0.3) is 0 Å². The van der Waals surface area contributed by atoms with Crippen LogP contribution in [-0.2, 0) is 4.79 Å². The Morgan fingerprint density at radius 1 is 1.47 bits per heavy atom. The Hall–Kier alpha value is -1.95. The molecule has 1 saturated heterocycles. The van der Waals surface area contributed by atoms with E-state index in [1.54, 1.807) is 6.92 Å². The first-order valence-electron chi connectivity index (χ1n) is 5.98. The van der Waals surface area contributed by atoms with Crippen molar-refractivity contribution < 1.29 is 19.1 Å². The van der Waals surface area contributed by atoms with Crippen molar-refractivity contribution in [3.05, 3.63) is 29.6 Å². The van der Waals surface area contributed by atoms with Gasteiger partial charge in [0.2, 0.25) is 5.91 Å². The molecule has 2 rings (SSSR count). The SMILES string of the molecule is CC1(C(=O)Nc2c(F)cccc2C(=O)O)CCNC1. The van der Waals surface area contributed by atoms with E-state index in [2.05, 4.69) is 10.6 Å². The molecule has 1 aliphatic heterocycles. The third-order valence-electron chi connectivity index (χ3n) is 3.40. The first-order valence-corrected chi connectivity index (χ1v) is 5.98. The zero-order valence-electron chi connectivity index (χ0n) is 10.5. The first kappa shape index (κ1) is 13.5. The van der Waals surface area contributed by atoms with Crippen LogP contribution in [-0.4, -0.2) is 30.1 Å². The lowest BCUT2D eigenvalue weighted by Crippen LogP contribution is -2.36. The molecule has 0 saturated carbocycles. The van der Waals surface area contributed by atoms with Crippen LogP contribution < -0.4 is 10.6 Å². The van der Waals surface area contributed by atoms with E-state index >= 15 is 0 Å². The highest BCUT2D eigenvalue weighted by molar-refractivity contribution is 6.02. The van der Waals surface area contributed by atoms with Gasteiger partial charge in [0.05, 0.1) is 16.7 Å². The Morgan fingerprint density at radius 2 is 2.21 bits per heavy atom. The maximum atomic E-state index is 13.7. The van der Waals surface area contributed by atoms with Gasteiger partial charge in [0.1, 0.15) is 5.82 Å². The number of hydrogen-bond donors (Lipinski definition) is 3. The molecule has 1 heterocycles. The fraction of sp³-hybridized carbons (Fsp3) is 0.385. The molecule has 1 aromatic rings. The predicted octanol–water partition coefficient (Wildman–Crippen LogP) is 1.46. The Kier molecular flexibility index (Phi) is 3.53. The largest absolute Gasteiger partial charge is 0.478 e. The summed E-state index contributed by atoms with van der Waals surface area (Å²) in [6, 6.07) is 3.68. The summed E-state index contributed by atoms with van der Waals surface area (Å²) in [5.41, 5.74) is -1.16. The Labute approximate surface area is 109 Å². The van der Waals surface area contributed by atoms with Gasteiger partial charge in [-0.3, -0.25) is 4.79 Å². The number of aromatic carboxylic acids is 1. The molecule has 5 nitrogen and oxygen atoms in total. The lowest BCUT2D eigenvalue weighted by atomic mass is 9.88. The molecule has 19 heavy (non-hydrogen) atoms. The van der Waals surface area contributed by atoms with E-state index in [-0.39, 0.29) is 17.2 Å². The molecule has 0 bridgehead atoms. The van der Waals surface area contributed by atoms with Crippen molar-refractivity contribution in [2.75, 3.05) is 18.4 Å². The summed E-state index contributed by atoms with van der Waals surface area (Å²) >= 11 is 0. The predicted molar refractivity (Wildman–Crippen MR) is 67.6 cm³/mol. The molecule has 1 unspecified atom stereocenters. The van der Waals surface area contributed by atoms with Gasteiger partial charge in [-0.2, -0.15) is 0 Å². The molecule has 0 spiro atoms. The highest BCUT2D eigenvalue weighted by atomic mass is 19.1. The van der Waals surface area contributed by atoms with E-state index in [1.807, 2.05) is 0 Å². The van der Waals surface area contributed by atoms with Crippen molar-refractivity contribution in [2.45, 2.75) is 13.3 Å². The summed E-state index contributed by atoms with van der Waals surface area (Å²) in [6.07, 6.45) is 0.635. The van der Waals surface area contributed by atoms with Crippen molar-refractivity contribution in [3.63, 3.8) is 0 Å². The van der Waals surface area contributed by atoms with Gasteiger partial charge in [-0.15, -0.1) is 0 Å². The van der Waals surface area contributed by atoms with E-state index in [1.165, 1.54) is 12.1 Å². The van der Waals surface area contributed by atoms with Crippen LogP contribution in [0.5, 0.6) is 0 Å². The van der Waals surface area contributed by atoms with Gasteiger partial charge in [0.15, 0.2) is 0 Å². The molecule has 1 aliphatic rings. The normalized spacial score (nSPS) is 22.2. The standard InChI is InChI=1S/C13H15FN2O3/c1-13(5-6-15-7-13)12(19)16-10-8(11(17)18)3-2-4-9(10)14/h2-4,15H,5-7H2,1H3,(H,16,19)(H,17,18). The number of rotatable bonds is 3. The molecule has 1 fully saturated rings. The van der Waals surface area contributed by atoms with Crippen LogP contribution in [0.4, 0.5) is 10.1 Å². The number of nitrogens with one attached hydrogen (secondary N) is 2. The fourth-order valence-electron chi connectivity index (χ4n) is 2.10. The topological polar surface area (TPSA) is 78.4 Å². The minimum absolute atomic E-state index is 0.247. The number of halogens is 1. The number of carboxylic acid groups (broad SMARTS) is 1. The van der Waals surface area contributed by atoms with Gasteiger partial charge in [0.25, 0.3) is 0 Å². The molecule has 0 radical (unpaired) electrons. The quantitative estimate of drug-likeness (QED) is 0.774. The molecular weight excluding hydrogens is 251 g/mol. The van der Waals surface area contributed by atoms with Gasteiger partial charge >= 0.3 is 5.97 Å². The number of benzene rings is 1. The van der Waals surface area contributed by atoms with Crippen LogP contribution in [0.2, 0.25) is 0 Å². The Bertz CT molecular complexity index is 525. The molecule has 1 atom stereocenters. The number of hydrogen-bond acceptors (Lipinski definition) is 3. The number of carbonyl (C=O) groups is 2. The number of carbonyl (C=O) groups excluding carboxylic acids is 1. The zero-order chi connectivity index (χ0) is 14.0. The van der Waals surface area contributed by atoms with Gasteiger partial charge in [-0.25, -0.2) is 9.18 Å². The van der Waals surface area contributed by atoms with Gasteiger partial charge in [-0.05, 0) is 32.0 Å².